The number of pyridine rings is 1. The fourth-order valence-electron chi connectivity index (χ4n) is 3.65. The van der Waals surface area contributed by atoms with Gasteiger partial charge in [0, 0.05) is 12.2 Å². The summed E-state index contributed by atoms with van der Waals surface area (Å²) in [4.78, 5) is 47.1. The maximum Gasteiger partial charge on any atom is 0.341 e. The Morgan fingerprint density at radius 2 is 1.88 bits per heavy atom. The van der Waals surface area contributed by atoms with Crippen LogP contribution in [0, 0.1) is 15.9 Å². The second kappa shape index (κ2) is 7.76. The molecule has 4 rings (SSSR count). The molecule has 1 atom stereocenters. The highest BCUT2D eigenvalue weighted by Crippen LogP contribution is 2.43. The van der Waals surface area contributed by atoms with Gasteiger partial charge in [0.1, 0.15) is 11.1 Å². The van der Waals surface area contributed by atoms with E-state index in [0.29, 0.717) is 18.9 Å². The van der Waals surface area contributed by atoms with Crippen LogP contribution < -0.4 is 10.7 Å². The summed E-state index contributed by atoms with van der Waals surface area (Å²) in [6, 6.07) is 6.62. The Bertz CT molecular complexity index is 1330. The number of fused-ring (bicyclic) bond motifs is 1. The van der Waals surface area contributed by atoms with E-state index in [-0.39, 0.29) is 17.1 Å². The number of aliphatic carboxylic acids is 1. The van der Waals surface area contributed by atoms with Crippen molar-refractivity contribution in [1.82, 2.24) is 4.57 Å². The number of nitro groups is 1. The predicted octanol–water partition coefficient (Wildman–Crippen LogP) is 3.32. The number of hydrogen-bond donors (Lipinski definition) is 3. The van der Waals surface area contributed by atoms with Crippen molar-refractivity contribution in [2.24, 2.45) is 0 Å². The van der Waals surface area contributed by atoms with Gasteiger partial charge < -0.3 is 20.1 Å². The number of rotatable bonds is 7. The zero-order chi connectivity index (χ0) is 23.2. The van der Waals surface area contributed by atoms with Gasteiger partial charge in [-0.3, -0.25) is 14.9 Å². The van der Waals surface area contributed by atoms with Gasteiger partial charge in [0.05, 0.1) is 10.3 Å². The molecule has 1 aromatic heterocycles. The largest absolute Gasteiger partial charge is 0.479 e. The molecule has 1 fully saturated rings. The normalized spacial score (nSPS) is 14.2. The van der Waals surface area contributed by atoms with Crippen LogP contribution in [-0.2, 0) is 4.79 Å². The number of hydrogen-bond acceptors (Lipinski definition) is 6. The van der Waals surface area contributed by atoms with E-state index in [4.69, 9.17) is 0 Å². The van der Waals surface area contributed by atoms with Crippen molar-refractivity contribution in [2.75, 3.05) is 5.32 Å². The van der Waals surface area contributed by atoms with E-state index in [9.17, 15) is 34.7 Å². The Morgan fingerprint density at radius 3 is 2.41 bits per heavy atom. The van der Waals surface area contributed by atoms with E-state index in [0.717, 1.165) is 6.20 Å². The highest BCUT2D eigenvalue weighted by atomic mass is 19.1. The van der Waals surface area contributed by atoms with Crippen molar-refractivity contribution in [3.05, 3.63) is 79.9 Å². The topological polar surface area (TPSA) is 152 Å². The minimum Gasteiger partial charge on any atom is -0.479 e. The Hall–Kier alpha value is -4.28. The van der Waals surface area contributed by atoms with Crippen LogP contribution in [-0.4, -0.2) is 31.6 Å². The zero-order valence-corrected chi connectivity index (χ0v) is 16.3. The molecule has 1 heterocycles. The van der Waals surface area contributed by atoms with Crippen LogP contribution in [0.1, 0.15) is 40.8 Å². The second-order valence-electron chi connectivity index (χ2n) is 7.38. The van der Waals surface area contributed by atoms with Crippen LogP contribution in [0.2, 0.25) is 0 Å². The molecule has 0 amide bonds. The lowest BCUT2D eigenvalue weighted by Crippen LogP contribution is -2.23. The molecule has 0 bridgehead atoms. The predicted molar refractivity (Wildman–Crippen MR) is 110 cm³/mol. The highest BCUT2D eigenvalue weighted by molar-refractivity contribution is 5.99. The van der Waals surface area contributed by atoms with Crippen molar-refractivity contribution in [3.8, 4) is 0 Å². The molecule has 0 radical (unpaired) electrons. The summed E-state index contributed by atoms with van der Waals surface area (Å²) in [7, 11) is 0. The fourth-order valence-corrected chi connectivity index (χ4v) is 3.65. The van der Waals surface area contributed by atoms with Crippen LogP contribution in [0.4, 0.5) is 15.8 Å². The van der Waals surface area contributed by atoms with E-state index in [1.165, 1.54) is 16.7 Å². The number of anilines is 1. The molecule has 11 heteroatoms. The van der Waals surface area contributed by atoms with Crippen LogP contribution in [0.25, 0.3) is 10.9 Å². The SMILES string of the molecule is O=C(O)c1cn(C2CC2)c2c([N+](=O)[O-])c(NC(C(=O)O)c3ccccc3)c(F)cc2c1=O. The number of carboxylic acid groups (broad SMARTS) is 2. The molecule has 1 unspecified atom stereocenters. The smallest absolute Gasteiger partial charge is 0.341 e. The Balaban J connectivity index is 2.02. The van der Waals surface area contributed by atoms with Gasteiger partial charge in [0.2, 0.25) is 5.43 Å². The maximum absolute atomic E-state index is 15.1. The van der Waals surface area contributed by atoms with Crippen molar-refractivity contribution in [2.45, 2.75) is 24.9 Å². The third kappa shape index (κ3) is 3.53. The summed E-state index contributed by atoms with van der Waals surface area (Å²) in [5, 5.41) is 32.9. The molecule has 164 valence electrons. The molecule has 3 N–H and O–H groups in total. The van der Waals surface area contributed by atoms with Crippen molar-refractivity contribution in [1.29, 1.82) is 0 Å². The van der Waals surface area contributed by atoms with Gasteiger partial charge in [-0.25, -0.2) is 14.0 Å². The summed E-state index contributed by atoms with van der Waals surface area (Å²) >= 11 is 0. The molecule has 0 aliphatic heterocycles. The van der Waals surface area contributed by atoms with Crippen molar-refractivity contribution >= 4 is 34.2 Å². The number of nitrogens with one attached hydrogen (secondary N) is 1. The number of halogens is 1. The van der Waals surface area contributed by atoms with E-state index in [1.807, 2.05) is 0 Å². The zero-order valence-electron chi connectivity index (χ0n) is 16.3. The van der Waals surface area contributed by atoms with Crippen LogP contribution >= 0.6 is 0 Å². The number of carboxylic acids is 2. The molecular formula is C21H16FN3O7. The third-order valence-corrected chi connectivity index (χ3v) is 5.26. The molecule has 32 heavy (non-hydrogen) atoms. The van der Waals surface area contributed by atoms with Crippen LogP contribution in [0.15, 0.2) is 47.4 Å². The molecule has 10 nitrogen and oxygen atoms in total. The number of carbonyl (C=O) groups is 2. The van der Waals surface area contributed by atoms with Gasteiger partial charge in [-0.15, -0.1) is 0 Å². The van der Waals surface area contributed by atoms with Crippen LogP contribution in [0.5, 0.6) is 0 Å². The summed E-state index contributed by atoms with van der Waals surface area (Å²) < 4.78 is 16.4. The summed E-state index contributed by atoms with van der Waals surface area (Å²) in [5.74, 6) is -4.18. The molecule has 2 aromatic carbocycles. The molecule has 1 saturated carbocycles. The van der Waals surface area contributed by atoms with Gasteiger partial charge >= 0.3 is 17.6 Å². The summed E-state index contributed by atoms with van der Waals surface area (Å²) in [6.45, 7) is 0. The molecule has 0 spiro atoms. The summed E-state index contributed by atoms with van der Waals surface area (Å²) in [6.07, 6.45) is 2.21. The summed E-state index contributed by atoms with van der Waals surface area (Å²) in [5.41, 5.74) is -3.25. The van der Waals surface area contributed by atoms with Gasteiger partial charge in [-0.1, -0.05) is 30.3 Å². The Kier molecular flexibility index (Phi) is 5.09. The fraction of sp³-hybridized carbons (Fsp3) is 0.190. The second-order valence-corrected chi connectivity index (χ2v) is 7.38. The Morgan fingerprint density at radius 1 is 1.22 bits per heavy atom. The number of nitrogens with zero attached hydrogens (tertiary/aromatic N) is 2. The quantitative estimate of drug-likeness (QED) is 0.373. The third-order valence-electron chi connectivity index (χ3n) is 5.26. The lowest BCUT2D eigenvalue weighted by molar-refractivity contribution is -0.382. The first-order valence-corrected chi connectivity index (χ1v) is 9.54. The number of aromatic carboxylic acids is 1. The van der Waals surface area contributed by atoms with Crippen molar-refractivity contribution in [3.63, 3.8) is 0 Å². The average Bonchev–Trinajstić information content (AvgIpc) is 3.57. The molecule has 0 saturated heterocycles. The van der Waals surface area contributed by atoms with Gasteiger partial charge in [0.15, 0.2) is 17.5 Å². The van der Waals surface area contributed by atoms with Crippen molar-refractivity contribution < 1.29 is 29.1 Å². The number of aromatic nitrogens is 1. The van der Waals surface area contributed by atoms with Gasteiger partial charge in [-0.2, -0.15) is 0 Å². The first-order chi connectivity index (χ1) is 15.2. The monoisotopic (exact) mass is 441 g/mol. The maximum atomic E-state index is 15.1. The molecular weight excluding hydrogens is 425 g/mol. The van der Waals surface area contributed by atoms with Gasteiger partial charge in [-0.05, 0) is 24.5 Å². The minimum absolute atomic E-state index is 0.231. The average molecular weight is 441 g/mol. The lowest BCUT2D eigenvalue weighted by Gasteiger charge is -2.19. The lowest BCUT2D eigenvalue weighted by atomic mass is 10.0. The van der Waals surface area contributed by atoms with Crippen LogP contribution in [0.3, 0.4) is 0 Å². The molecule has 3 aromatic rings. The minimum atomic E-state index is -1.54. The van der Waals surface area contributed by atoms with E-state index in [1.54, 1.807) is 18.2 Å². The Labute approximate surface area is 178 Å². The first kappa shape index (κ1) is 21.0. The standard InChI is InChI=1S/C21H16FN3O7/c22-14-8-12-17(24(11-6-7-11)9-13(19(12)26)20(27)28)18(25(31)32)16(14)23-15(21(29)30)10-4-2-1-3-5-10/h1-5,8-9,11,15,23H,6-7H2,(H,27,28)(H,29,30). The molecule has 1 aliphatic carbocycles. The van der Waals surface area contributed by atoms with E-state index < -0.39 is 56.5 Å². The highest BCUT2D eigenvalue weighted by Gasteiger charge is 2.35. The van der Waals surface area contributed by atoms with E-state index in [2.05, 4.69) is 5.32 Å². The van der Waals surface area contributed by atoms with E-state index >= 15 is 4.39 Å². The number of benzene rings is 2. The van der Waals surface area contributed by atoms with Gasteiger partial charge in [0.25, 0.3) is 0 Å². The number of nitro benzene ring substituents is 1. The first-order valence-electron chi connectivity index (χ1n) is 9.54. The molecule has 1 aliphatic rings.